The van der Waals surface area contributed by atoms with Gasteiger partial charge in [0, 0.05) is 11.1 Å². The van der Waals surface area contributed by atoms with E-state index in [2.05, 4.69) is 49.1 Å². The molecule has 1 atom stereocenters. The van der Waals surface area contributed by atoms with Crippen LogP contribution in [-0.4, -0.2) is 24.1 Å². The smallest absolute Gasteiger partial charge is 0.0441 e. The summed E-state index contributed by atoms with van der Waals surface area (Å²) in [6.45, 7) is 5.44. The minimum absolute atomic E-state index is 0.568. The molecule has 0 aromatic heterocycles. The number of rotatable bonds is 7. The Balaban J connectivity index is 1.97. The molecule has 118 valence electrons. The van der Waals surface area contributed by atoms with E-state index in [1.165, 1.54) is 48.3 Å². The molecule has 0 saturated carbocycles. The Morgan fingerprint density at radius 2 is 2.10 bits per heavy atom. The summed E-state index contributed by atoms with van der Waals surface area (Å²) in [6, 6.07) is 7.04. The lowest BCUT2D eigenvalue weighted by Crippen LogP contribution is -2.34. The molecule has 1 heterocycles. The van der Waals surface area contributed by atoms with E-state index in [0.29, 0.717) is 6.04 Å². The molecule has 1 saturated heterocycles. The fraction of sp³-hybridized carbons (Fsp3) is 0.667. The predicted molar refractivity (Wildman–Crippen MR) is 96.6 cm³/mol. The zero-order valence-electron chi connectivity index (χ0n) is 13.3. The van der Waals surface area contributed by atoms with Crippen molar-refractivity contribution in [3.63, 3.8) is 0 Å². The van der Waals surface area contributed by atoms with Crippen LogP contribution in [0.15, 0.2) is 18.2 Å². The zero-order valence-corrected chi connectivity index (χ0v) is 14.9. The maximum Gasteiger partial charge on any atom is 0.0441 e. The first-order chi connectivity index (χ1) is 10.2. The summed E-state index contributed by atoms with van der Waals surface area (Å²) in [5, 5.41) is 4.67. The summed E-state index contributed by atoms with van der Waals surface area (Å²) in [7, 11) is 0. The van der Waals surface area contributed by atoms with Crippen molar-refractivity contribution in [2.24, 2.45) is 5.92 Å². The Bertz CT molecular complexity index is 429. The topological polar surface area (TPSA) is 12.0 Å². The lowest BCUT2D eigenvalue weighted by molar-refractivity contribution is 0.362. The summed E-state index contributed by atoms with van der Waals surface area (Å²) in [5.41, 5.74) is 2.53. The fourth-order valence-corrected chi connectivity index (χ4v) is 4.57. The lowest BCUT2D eigenvalue weighted by Gasteiger charge is -2.27. The van der Waals surface area contributed by atoms with Crippen LogP contribution in [0.1, 0.15) is 43.7 Å². The van der Waals surface area contributed by atoms with E-state index in [9.17, 15) is 0 Å². The van der Waals surface area contributed by atoms with Gasteiger partial charge in [-0.3, -0.25) is 0 Å². The first-order valence-electron chi connectivity index (χ1n) is 8.25. The van der Waals surface area contributed by atoms with Crippen molar-refractivity contribution >= 4 is 23.4 Å². The van der Waals surface area contributed by atoms with E-state index in [4.69, 9.17) is 11.6 Å². The Morgan fingerprint density at radius 1 is 1.33 bits per heavy atom. The Labute approximate surface area is 139 Å². The van der Waals surface area contributed by atoms with Crippen LogP contribution in [0.5, 0.6) is 0 Å². The molecule has 1 aliphatic heterocycles. The molecule has 1 fully saturated rings. The van der Waals surface area contributed by atoms with Crippen molar-refractivity contribution in [3.05, 3.63) is 34.3 Å². The third-order valence-corrected chi connectivity index (χ3v) is 5.72. The molecule has 0 bridgehead atoms. The van der Waals surface area contributed by atoms with Crippen molar-refractivity contribution < 1.29 is 0 Å². The average molecular weight is 326 g/mol. The third-order valence-electron chi connectivity index (χ3n) is 4.32. The summed E-state index contributed by atoms with van der Waals surface area (Å²) in [4.78, 5) is 0. The molecule has 3 heteroatoms. The van der Waals surface area contributed by atoms with Gasteiger partial charge in [-0.15, -0.1) is 0 Å². The highest BCUT2D eigenvalue weighted by molar-refractivity contribution is 7.99. The molecule has 1 aromatic carbocycles. The highest BCUT2D eigenvalue weighted by atomic mass is 35.5. The van der Waals surface area contributed by atoms with Gasteiger partial charge in [0.1, 0.15) is 0 Å². The molecular weight excluding hydrogens is 298 g/mol. The van der Waals surface area contributed by atoms with E-state index < -0.39 is 0 Å². The first kappa shape index (κ1) is 17.2. The summed E-state index contributed by atoms with van der Waals surface area (Å²) < 4.78 is 0. The number of aryl methyl sites for hydroxylation is 1. The maximum atomic E-state index is 6.42. The monoisotopic (exact) mass is 325 g/mol. The molecule has 0 amide bonds. The van der Waals surface area contributed by atoms with Gasteiger partial charge in [-0.1, -0.05) is 30.7 Å². The van der Waals surface area contributed by atoms with Gasteiger partial charge >= 0.3 is 0 Å². The van der Waals surface area contributed by atoms with Crippen molar-refractivity contribution in [3.8, 4) is 0 Å². The van der Waals surface area contributed by atoms with Crippen LogP contribution in [0.4, 0.5) is 0 Å². The van der Waals surface area contributed by atoms with Crippen molar-refractivity contribution in [1.29, 1.82) is 0 Å². The standard InChI is InChI=1S/C18H28ClNS/c1-3-8-20-17(12-15-6-9-21-10-7-15)13-16-5-4-14(2)11-18(16)19/h4-5,11,15,17,20H,3,6-10,12-13H2,1-2H3. The molecule has 0 radical (unpaired) electrons. The maximum absolute atomic E-state index is 6.42. The highest BCUT2D eigenvalue weighted by Crippen LogP contribution is 2.28. The molecule has 21 heavy (non-hydrogen) atoms. The predicted octanol–water partition coefficient (Wildman–Crippen LogP) is 5.09. The molecule has 1 N–H and O–H groups in total. The number of halogens is 1. The van der Waals surface area contributed by atoms with E-state index in [-0.39, 0.29) is 0 Å². The second kappa shape index (κ2) is 9.07. The van der Waals surface area contributed by atoms with Crippen molar-refractivity contribution in [2.45, 2.75) is 52.0 Å². The molecule has 1 aromatic rings. The second-order valence-electron chi connectivity index (χ2n) is 6.24. The van der Waals surface area contributed by atoms with Crippen LogP contribution >= 0.6 is 23.4 Å². The van der Waals surface area contributed by atoms with Crippen LogP contribution in [0, 0.1) is 12.8 Å². The van der Waals surface area contributed by atoms with Gasteiger partial charge in [0.05, 0.1) is 0 Å². The van der Waals surface area contributed by atoms with Gasteiger partial charge < -0.3 is 5.32 Å². The van der Waals surface area contributed by atoms with Gasteiger partial charge in [-0.05, 0) is 80.2 Å². The fourth-order valence-electron chi connectivity index (χ4n) is 3.06. The van der Waals surface area contributed by atoms with E-state index >= 15 is 0 Å². The van der Waals surface area contributed by atoms with E-state index in [1.54, 1.807) is 0 Å². The summed E-state index contributed by atoms with van der Waals surface area (Å²) in [5.74, 6) is 3.58. The number of thioether (sulfide) groups is 1. The Kier molecular flexibility index (Phi) is 7.42. The van der Waals surface area contributed by atoms with Gasteiger partial charge in [-0.2, -0.15) is 11.8 Å². The normalized spacial score (nSPS) is 17.9. The quantitative estimate of drug-likeness (QED) is 0.749. The second-order valence-corrected chi connectivity index (χ2v) is 7.87. The minimum Gasteiger partial charge on any atom is -0.314 e. The Morgan fingerprint density at radius 3 is 2.76 bits per heavy atom. The molecule has 0 spiro atoms. The van der Waals surface area contributed by atoms with Gasteiger partial charge in [0.2, 0.25) is 0 Å². The van der Waals surface area contributed by atoms with Crippen molar-refractivity contribution in [2.75, 3.05) is 18.1 Å². The average Bonchev–Trinajstić information content (AvgIpc) is 2.48. The van der Waals surface area contributed by atoms with Crippen LogP contribution in [0.25, 0.3) is 0 Å². The number of hydrogen-bond donors (Lipinski definition) is 1. The third kappa shape index (κ3) is 5.84. The summed E-state index contributed by atoms with van der Waals surface area (Å²) >= 11 is 8.53. The largest absolute Gasteiger partial charge is 0.314 e. The van der Waals surface area contributed by atoms with E-state index in [0.717, 1.165) is 23.9 Å². The van der Waals surface area contributed by atoms with Gasteiger partial charge in [-0.25, -0.2) is 0 Å². The van der Waals surface area contributed by atoms with E-state index in [1.807, 2.05) is 0 Å². The SMILES string of the molecule is CCCNC(Cc1ccc(C)cc1Cl)CC1CCSCC1. The minimum atomic E-state index is 0.568. The van der Waals surface area contributed by atoms with Gasteiger partial charge in [0.15, 0.2) is 0 Å². The van der Waals surface area contributed by atoms with Crippen LogP contribution in [0.3, 0.4) is 0 Å². The van der Waals surface area contributed by atoms with Crippen molar-refractivity contribution in [1.82, 2.24) is 5.32 Å². The molecule has 1 aliphatic rings. The number of hydrogen-bond acceptors (Lipinski definition) is 2. The van der Waals surface area contributed by atoms with Crippen LogP contribution in [0.2, 0.25) is 5.02 Å². The van der Waals surface area contributed by atoms with Crippen LogP contribution < -0.4 is 5.32 Å². The summed E-state index contributed by atoms with van der Waals surface area (Å²) in [6.07, 6.45) is 6.32. The number of nitrogens with one attached hydrogen (secondary N) is 1. The molecule has 1 nitrogen and oxygen atoms in total. The number of benzene rings is 1. The molecule has 0 aliphatic carbocycles. The lowest BCUT2D eigenvalue weighted by atomic mass is 9.91. The zero-order chi connectivity index (χ0) is 15.1. The highest BCUT2D eigenvalue weighted by Gasteiger charge is 2.19. The molecular formula is C18H28ClNS. The molecule has 2 rings (SSSR count). The Hall–Kier alpha value is -0.180. The van der Waals surface area contributed by atoms with Crippen LogP contribution in [-0.2, 0) is 6.42 Å². The van der Waals surface area contributed by atoms with Gasteiger partial charge in [0.25, 0.3) is 0 Å². The first-order valence-corrected chi connectivity index (χ1v) is 9.78. The molecule has 1 unspecified atom stereocenters.